The number of carbonyl (C=O) groups excluding carboxylic acids is 1. The summed E-state index contributed by atoms with van der Waals surface area (Å²) >= 11 is 1.20. The van der Waals surface area contributed by atoms with Gasteiger partial charge in [-0.3, -0.25) is 4.79 Å². The summed E-state index contributed by atoms with van der Waals surface area (Å²) in [6.07, 6.45) is 4.70. The molecule has 100 valence electrons. The molecular weight excluding hydrogens is 252 g/mol. The quantitative estimate of drug-likeness (QED) is 0.584. The van der Waals surface area contributed by atoms with Crippen LogP contribution in [0.25, 0.3) is 0 Å². The van der Waals surface area contributed by atoms with E-state index in [0.717, 1.165) is 25.7 Å². The molecule has 0 saturated heterocycles. The lowest BCUT2D eigenvalue weighted by Crippen LogP contribution is -2.54. The van der Waals surface area contributed by atoms with Crippen LogP contribution in [0.3, 0.4) is 0 Å². The normalized spacial score (nSPS) is 18.4. The molecule has 0 radical (unpaired) electrons. The van der Waals surface area contributed by atoms with Crippen LogP contribution in [0.4, 0.5) is 0 Å². The lowest BCUT2D eigenvalue weighted by Gasteiger charge is -2.29. The predicted molar refractivity (Wildman–Crippen MR) is 69.1 cm³/mol. The van der Waals surface area contributed by atoms with Crippen LogP contribution in [0, 0.1) is 11.3 Å². The van der Waals surface area contributed by atoms with E-state index in [-0.39, 0.29) is 17.4 Å². The molecule has 0 atom stereocenters. The highest BCUT2D eigenvalue weighted by Crippen LogP contribution is 2.27. The van der Waals surface area contributed by atoms with E-state index in [1.54, 1.807) is 0 Å². The van der Waals surface area contributed by atoms with E-state index in [9.17, 15) is 14.7 Å². The summed E-state index contributed by atoms with van der Waals surface area (Å²) in [6, 6.07) is 1.94. The number of carboxylic acid groups (broad SMARTS) is 1. The van der Waals surface area contributed by atoms with Crippen molar-refractivity contribution >= 4 is 23.6 Å². The molecule has 0 aromatic carbocycles. The highest BCUT2D eigenvalue weighted by molar-refractivity contribution is 8.00. The van der Waals surface area contributed by atoms with Crippen LogP contribution in [0.5, 0.6) is 0 Å². The van der Waals surface area contributed by atoms with E-state index >= 15 is 0 Å². The maximum atomic E-state index is 11.7. The van der Waals surface area contributed by atoms with Crippen molar-refractivity contribution in [1.29, 1.82) is 5.26 Å². The maximum Gasteiger partial charge on any atom is 0.329 e. The largest absolute Gasteiger partial charge is 0.480 e. The van der Waals surface area contributed by atoms with Gasteiger partial charge in [-0.1, -0.05) is 25.7 Å². The molecule has 1 fully saturated rings. The number of rotatable bonds is 5. The standard InChI is InChI=1S/C12H18N2O3S/c13-7-8-18-9-10(15)14-12(11(16)17)5-3-1-2-4-6-12/h1-6,8-9H2,(H,14,15)(H,16,17). The number of nitrogens with one attached hydrogen (secondary N) is 1. The van der Waals surface area contributed by atoms with E-state index in [4.69, 9.17) is 5.26 Å². The molecule has 1 rings (SSSR count). The van der Waals surface area contributed by atoms with Crippen LogP contribution in [0.15, 0.2) is 0 Å². The van der Waals surface area contributed by atoms with Gasteiger partial charge in [-0.05, 0) is 12.8 Å². The minimum absolute atomic E-state index is 0.141. The second-order valence-electron chi connectivity index (χ2n) is 4.50. The molecule has 0 heterocycles. The van der Waals surface area contributed by atoms with Crippen molar-refractivity contribution in [2.24, 2.45) is 0 Å². The molecule has 5 nitrogen and oxygen atoms in total. The summed E-state index contributed by atoms with van der Waals surface area (Å²) in [5.74, 6) is -0.849. The summed E-state index contributed by atoms with van der Waals surface area (Å²) in [5.41, 5.74) is -1.10. The SMILES string of the molecule is N#CCSCC(=O)NC1(C(=O)O)CCCCCC1. The Morgan fingerprint density at radius 2 is 1.89 bits per heavy atom. The van der Waals surface area contributed by atoms with Crippen LogP contribution in [-0.4, -0.2) is 34.0 Å². The van der Waals surface area contributed by atoms with Gasteiger partial charge in [0.25, 0.3) is 0 Å². The maximum absolute atomic E-state index is 11.7. The van der Waals surface area contributed by atoms with Gasteiger partial charge in [0, 0.05) is 0 Å². The van der Waals surface area contributed by atoms with Crippen molar-refractivity contribution in [2.75, 3.05) is 11.5 Å². The molecule has 0 bridgehead atoms. The van der Waals surface area contributed by atoms with Crippen molar-refractivity contribution in [3.05, 3.63) is 0 Å². The highest BCUT2D eigenvalue weighted by atomic mass is 32.2. The van der Waals surface area contributed by atoms with Crippen molar-refractivity contribution in [2.45, 2.75) is 44.1 Å². The smallest absolute Gasteiger partial charge is 0.329 e. The van der Waals surface area contributed by atoms with Crippen LogP contribution < -0.4 is 5.32 Å². The Hall–Kier alpha value is -1.22. The summed E-state index contributed by atoms with van der Waals surface area (Å²) in [7, 11) is 0. The molecular formula is C12H18N2O3S. The average Bonchev–Trinajstić information content (AvgIpc) is 2.56. The summed E-state index contributed by atoms with van der Waals surface area (Å²) in [5, 5.41) is 20.4. The first-order valence-electron chi connectivity index (χ1n) is 6.10. The molecule has 0 aliphatic heterocycles. The summed E-state index contributed by atoms with van der Waals surface area (Å²) < 4.78 is 0. The molecule has 0 unspecified atom stereocenters. The highest BCUT2D eigenvalue weighted by Gasteiger charge is 2.39. The topological polar surface area (TPSA) is 90.2 Å². The van der Waals surface area contributed by atoms with E-state index < -0.39 is 11.5 Å². The molecule has 1 amide bonds. The number of carbonyl (C=O) groups is 2. The molecule has 1 saturated carbocycles. The van der Waals surface area contributed by atoms with Gasteiger partial charge in [-0.2, -0.15) is 5.26 Å². The molecule has 0 aromatic heterocycles. The molecule has 6 heteroatoms. The monoisotopic (exact) mass is 270 g/mol. The first-order chi connectivity index (χ1) is 8.60. The third kappa shape index (κ3) is 4.22. The first kappa shape index (κ1) is 14.8. The zero-order valence-corrected chi connectivity index (χ0v) is 11.1. The molecule has 0 spiro atoms. The van der Waals surface area contributed by atoms with E-state index in [2.05, 4.69) is 5.32 Å². The van der Waals surface area contributed by atoms with Crippen molar-refractivity contribution in [3.8, 4) is 6.07 Å². The summed E-state index contributed by atoms with van der Waals surface area (Å²) in [4.78, 5) is 23.1. The fourth-order valence-electron chi connectivity index (χ4n) is 2.22. The lowest BCUT2D eigenvalue weighted by molar-refractivity contribution is -0.148. The number of thioether (sulfide) groups is 1. The van der Waals surface area contributed by atoms with E-state index in [1.807, 2.05) is 6.07 Å². The zero-order valence-electron chi connectivity index (χ0n) is 10.3. The Morgan fingerprint density at radius 3 is 2.39 bits per heavy atom. The van der Waals surface area contributed by atoms with Gasteiger partial charge in [-0.25, -0.2) is 4.79 Å². The third-order valence-electron chi connectivity index (χ3n) is 3.14. The fraction of sp³-hybridized carbons (Fsp3) is 0.750. The van der Waals surface area contributed by atoms with Crippen LogP contribution in [0.1, 0.15) is 38.5 Å². The lowest BCUT2D eigenvalue weighted by atomic mass is 9.90. The minimum Gasteiger partial charge on any atom is -0.480 e. The van der Waals surface area contributed by atoms with Gasteiger partial charge >= 0.3 is 5.97 Å². The van der Waals surface area contributed by atoms with Crippen molar-refractivity contribution < 1.29 is 14.7 Å². The Labute approximate surface area is 111 Å². The molecule has 1 aliphatic carbocycles. The Bertz CT molecular complexity index is 344. The molecule has 2 N–H and O–H groups in total. The molecule has 1 aliphatic rings. The first-order valence-corrected chi connectivity index (χ1v) is 7.25. The van der Waals surface area contributed by atoms with Gasteiger partial charge in [0.05, 0.1) is 17.6 Å². The number of nitrogens with zero attached hydrogens (tertiary/aromatic N) is 1. The van der Waals surface area contributed by atoms with E-state index in [0.29, 0.717) is 12.8 Å². The average molecular weight is 270 g/mol. The second kappa shape index (κ2) is 7.27. The number of aliphatic carboxylic acids is 1. The van der Waals surface area contributed by atoms with Gasteiger partial charge in [0.1, 0.15) is 5.54 Å². The van der Waals surface area contributed by atoms with Crippen LogP contribution in [0.2, 0.25) is 0 Å². The van der Waals surface area contributed by atoms with Crippen LogP contribution in [-0.2, 0) is 9.59 Å². The van der Waals surface area contributed by atoms with Crippen LogP contribution >= 0.6 is 11.8 Å². The van der Waals surface area contributed by atoms with E-state index in [1.165, 1.54) is 11.8 Å². The van der Waals surface area contributed by atoms with Crippen molar-refractivity contribution in [3.63, 3.8) is 0 Å². The Kier molecular flexibility index (Phi) is 5.99. The van der Waals surface area contributed by atoms with Crippen molar-refractivity contribution in [1.82, 2.24) is 5.32 Å². The molecule has 18 heavy (non-hydrogen) atoms. The number of nitriles is 1. The summed E-state index contributed by atoms with van der Waals surface area (Å²) in [6.45, 7) is 0. The minimum atomic E-state index is -1.10. The Balaban J connectivity index is 2.59. The van der Waals surface area contributed by atoms with Gasteiger partial charge in [-0.15, -0.1) is 11.8 Å². The van der Waals surface area contributed by atoms with Gasteiger partial charge in [0.15, 0.2) is 0 Å². The third-order valence-corrected chi connectivity index (χ3v) is 3.94. The van der Waals surface area contributed by atoms with Gasteiger partial charge < -0.3 is 10.4 Å². The Morgan fingerprint density at radius 1 is 1.28 bits per heavy atom. The number of hydrogen-bond donors (Lipinski definition) is 2. The number of amides is 1. The molecule has 0 aromatic rings. The number of hydrogen-bond acceptors (Lipinski definition) is 4. The second-order valence-corrected chi connectivity index (χ2v) is 5.49. The number of carboxylic acids is 1. The zero-order chi connectivity index (χ0) is 13.4. The predicted octanol–water partition coefficient (Wildman–Crippen LogP) is 1.54. The fourth-order valence-corrected chi connectivity index (χ4v) is 2.67. The van der Waals surface area contributed by atoms with Gasteiger partial charge in [0.2, 0.25) is 5.91 Å².